The summed E-state index contributed by atoms with van der Waals surface area (Å²) in [5, 5.41) is 9.61. The molecule has 0 heterocycles. The van der Waals surface area contributed by atoms with E-state index in [0.29, 0.717) is 5.56 Å². The van der Waals surface area contributed by atoms with Crippen LogP contribution in [-0.2, 0) is 6.42 Å². The molecule has 0 spiro atoms. The van der Waals surface area contributed by atoms with Crippen LogP contribution in [0.1, 0.15) is 21.5 Å². The van der Waals surface area contributed by atoms with Crippen LogP contribution in [0.25, 0.3) is 0 Å². The molecule has 13 heavy (non-hydrogen) atoms. The number of carbonyl (C=O) groups is 1. The van der Waals surface area contributed by atoms with Gasteiger partial charge in [0.2, 0.25) is 0 Å². The molecule has 0 saturated heterocycles. The Bertz CT molecular complexity index is 321. The second kappa shape index (κ2) is 4.42. The molecule has 0 aliphatic carbocycles. The number of benzene rings is 1. The van der Waals surface area contributed by atoms with Gasteiger partial charge in [-0.05, 0) is 36.6 Å². The van der Waals surface area contributed by atoms with E-state index in [0.717, 1.165) is 22.9 Å². The van der Waals surface area contributed by atoms with Crippen molar-refractivity contribution in [1.29, 1.82) is 0 Å². The summed E-state index contributed by atoms with van der Waals surface area (Å²) in [6, 6.07) is 5.22. The maximum atomic E-state index is 10.7. The van der Waals surface area contributed by atoms with Gasteiger partial charge in [0.05, 0.1) is 5.56 Å². The maximum absolute atomic E-state index is 10.7. The van der Waals surface area contributed by atoms with Crippen molar-refractivity contribution in [3.8, 4) is 0 Å². The monoisotopic (exact) mass is 242 g/mol. The van der Waals surface area contributed by atoms with Gasteiger partial charge < -0.3 is 5.11 Å². The highest BCUT2D eigenvalue weighted by molar-refractivity contribution is 9.09. The molecule has 0 atom stereocenters. The number of alkyl halides is 1. The molecule has 0 aliphatic rings. The Morgan fingerprint density at radius 3 is 2.77 bits per heavy atom. The van der Waals surface area contributed by atoms with Crippen LogP contribution >= 0.6 is 15.9 Å². The number of halogens is 1. The first kappa shape index (κ1) is 10.3. The SMILES string of the molecule is Cc1ccc(C(=O)O)cc1CCBr. The summed E-state index contributed by atoms with van der Waals surface area (Å²) in [4.78, 5) is 10.7. The lowest BCUT2D eigenvalue weighted by Gasteiger charge is -2.04. The first-order valence-corrected chi connectivity index (χ1v) is 5.16. The average Bonchev–Trinajstić information content (AvgIpc) is 2.08. The highest BCUT2D eigenvalue weighted by atomic mass is 79.9. The molecule has 1 N–H and O–H groups in total. The van der Waals surface area contributed by atoms with Gasteiger partial charge in [-0.15, -0.1) is 0 Å². The van der Waals surface area contributed by atoms with Gasteiger partial charge in [-0.2, -0.15) is 0 Å². The first-order chi connectivity index (χ1) is 6.15. The van der Waals surface area contributed by atoms with Crippen LogP contribution in [0, 0.1) is 6.92 Å². The number of hydrogen-bond acceptors (Lipinski definition) is 1. The van der Waals surface area contributed by atoms with Crippen molar-refractivity contribution >= 4 is 21.9 Å². The van der Waals surface area contributed by atoms with E-state index in [1.165, 1.54) is 0 Å². The number of carboxylic acids is 1. The third kappa shape index (κ3) is 2.56. The minimum absolute atomic E-state index is 0.363. The molecule has 0 bridgehead atoms. The van der Waals surface area contributed by atoms with Gasteiger partial charge in [-0.3, -0.25) is 0 Å². The highest BCUT2D eigenvalue weighted by Gasteiger charge is 2.05. The summed E-state index contributed by atoms with van der Waals surface area (Å²) in [6.45, 7) is 1.99. The van der Waals surface area contributed by atoms with Gasteiger partial charge in [0.15, 0.2) is 0 Å². The Balaban J connectivity index is 3.03. The van der Waals surface area contributed by atoms with Gasteiger partial charge in [0.25, 0.3) is 0 Å². The molecule has 3 heteroatoms. The molecule has 0 radical (unpaired) electrons. The molecule has 1 aromatic rings. The molecule has 0 unspecified atom stereocenters. The standard InChI is InChI=1S/C10H11BrO2/c1-7-2-3-9(10(12)13)6-8(7)4-5-11/h2-3,6H,4-5H2,1H3,(H,12,13). The number of hydrogen-bond donors (Lipinski definition) is 1. The molecule has 0 saturated carbocycles. The fraction of sp³-hybridized carbons (Fsp3) is 0.300. The smallest absolute Gasteiger partial charge is 0.335 e. The van der Waals surface area contributed by atoms with Crippen molar-refractivity contribution < 1.29 is 9.90 Å². The van der Waals surface area contributed by atoms with Crippen LogP contribution in [0.2, 0.25) is 0 Å². The topological polar surface area (TPSA) is 37.3 Å². The van der Waals surface area contributed by atoms with Crippen molar-refractivity contribution in [2.24, 2.45) is 0 Å². The first-order valence-electron chi connectivity index (χ1n) is 4.04. The Hall–Kier alpha value is -0.830. The Kier molecular flexibility index (Phi) is 3.48. The minimum atomic E-state index is -0.865. The summed E-state index contributed by atoms with van der Waals surface area (Å²) >= 11 is 3.33. The van der Waals surface area contributed by atoms with Crippen molar-refractivity contribution in [2.45, 2.75) is 13.3 Å². The Morgan fingerprint density at radius 2 is 2.23 bits per heavy atom. The molecule has 0 aliphatic heterocycles. The molecule has 70 valence electrons. The Labute approximate surface area is 85.7 Å². The minimum Gasteiger partial charge on any atom is -0.478 e. The largest absolute Gasteiger partial charge is 0.478 e. The van der Waals surface area contributed by atoms with Crippen molar-refractivity contribution in [2.75, 3.05) is 5.33 Å². The van der Waals surface area contributed by atoms with Crippen LogP contribution < -0.4 is 0 Å². The maximum Gasteiger partial charge on any atom is 0.335 e. The average molecular weight is 243 g/mol. The van der Waals surface area contributed by atoms with E-state index in [1.807, 2.05) is 13.0 Å². The van der Waals surface area contributed by atoms with E-state index in [4.69, 9.17) is 5.11 Å². The summed E-state index contributed by atoms with van der Waals surface area (Å²) in [7, 11) is 0. The quantitative estimate of drug-likeness (QED) is 0.828. The predicted molar refractivity (Wildman–Crippen MR) is 55.6 cm³/mol. The second-order valence-electron chi connectivity index (χ2n) is 2.89. The van der Waals surface area contributed by atoms with E-state index in [2.05, 4.69) is 15.9 Å². The molecule has 0 amide bonds. The van der Waals surface area contributed by atoms with Gasteiger partial charge in [0.1, 0.15) is 0 Å². The molecule has 1 aromatic carbocycles. The van der Waals surface area contributed by atoms with Gasteiger partial charge in [-0.1, -0.05) is 22.0 Å². The summed E-state index contributed by atoms with van der Waals surface area (Å²) in [5.41, 5.74) is 2.60. The van der Waals surface area contributed by atoms with Gasteiger partial charge in [-0.25, -0.2) is 4.79 Å². The van der Waals surface area contributed by atoms with Crippen LogP contribution in [-0.4, -0.2) is 16.4 Å². The van der Waals surface area contributed by atoms with E-state index in [9.17, 15) is 4.79 Å². The van der Waals surface area contributed by atoms with Crippen LogP contribution in [0.4, 0.5) is 0 Å². The molecule has 0 aromatic heterocycles. The third-order valence-corrected chi connectivity index (χ3v) is 2.36. The van der Waals surface area contributed by atoms with Crippen molar-refractivity contribution in [3.05, 3.63) is 34.9 Å². The zero-order chi connectivity index (χ0) is 9.84. The van der Waals surface area contributed by atoms with Crippen molar-refractivity contribution in [1.82, 2.24) is 0 Å². The van der Waals surface area contributed by atoms with Gasteiger partial charge in [0, 0.05) is 5.33 Å². The van der Waals surface area contributed by atoms with E-state index >= 15 is 0 Å². The molecule has 2 nitrogen and oxygen atoms in total. The predicted octanol–water partition coefficient (Wildman–Crippen LogP) is 2.63. The fourth-order valence-corrected chi connectivity index (χ4v) is 1.60. The van der Waals surface area contributed by atoms with Crippen LogP contribution in [0.15, 0.2) is 18.2 Å². The normalized spacial score (nSPS) is 10.0. The van der Waals surface area contributed by atoms with Crippen LogP contribution in [0.5, 0.6) is 0 Å². The fourth-order valence-electron chi connectivity index (χ4n) is 1.18. The summed E-state index contributed by atoms with van der Waals surface area (Å²) in [5.74, 6) is -0.865. The van der Waals surface area contributed by atoms with E-state index in [1.54, 1.807) is 12.1 Å². The number of rotatable bonds is 3. The third-order valence-electron chi connectivity index (χ3n) is 1.96. The number of aromatic carboxylic acids is 1. The second-order valence-corrected chi connectivity index (χ2v) is 3.68. The van der Waals surface area contributed by atoms with Crippen LogP contribution in [0.3, 0.4) is 0 Å². The number of carboxylic acid groups (broad SMARTS) is 1. The molecular weight excluding hydrogens is 232 g/mol. The molecule has 1 rings (SSSR count). The Morgan fingerprint density at radius 1 is 1.54 bits per heavy atom. The highest BCUT2D eigenvalue weighted by Crippen LogP contribution is 2.12. The lowest BCUT2D eigenvalue weighted by Crippen LogP contribution is -1.99. The lowest BCUT2D eigenvalue weighted by molar-refractivity contribution is 0.0697. The van der Waals surface area contributed by atoms with Gasteiger partial charge >= 0.3 is 5.97 Å². The van der Waals surface area contributed by atoms with E-state index in [-0.39, 0.29) is 0 Å². The summed E-state index contributed by atoms with van der Waals surface area (Å²) in [6.07, 6.45) is 0.868. The number of aryl methyl sites for hydroxylation is 2. The zero-order valence-electron chi connectivity index (χ0n) is 7.38. The summed E-state index contributed by atoms with van der Waals surface area (Å²) < 4.78 is 0. The molecule has 0 fully saturated rings. The zero-order valence-corrected chi connectivity index (χ0v) is 8.97. The lowest BCUT2D eigenvalue weighted by atomic mass is 10.0. The molecular formula is C10H11BrO2. The van der Waals surface area contributed by atoms with Crippen molar-refractivity contribution in [3.63, 3.8) is 0 Å². The van der Waals surface area contributed by atoms with E-state index < -0.39 is 5.97 Å².